The van der Waals surface area contributed by atoms with E-state index in [9.17, 15) is 9.90 Å². The first-order valence-electron chi connectivity index (χ1n) is 7.53. The van der Waals surface area contributed by atoms with Crippen LogP contribution in [0, 0.1) is 0 Å². The number of likely N-dealkylation sites (N-methyl/N-ethyl adjacent to an activating group) is 1. The van der Waals surface area contributed by atoms with Gasteiger partial charge in [0.25, 0.3) is 0 Å². The van der Waals surface area contributed by atoms with Crippen LogP contribution in [0.2, 0.25) is 5.15 Å². The van der Waals surface area contributed by atoms with E-state index in [-0.39, 0.29) is 11.6 Å². The van der Waals surface area contributed by atoms with Gasteiger partial charge in [0.05, 0.1) is 11.6 Å². The van der Waals surface area contributed by atoms with Gasteiger partial charge in [0.2, 0.25) is 0 Å². The summed E-state index contributed by atoms with van der Waals surface area (Å²) < 4.78 is 0. The highest BCUT2D eigenvalue weighted by Gasteiger charge is 2.60. The van der Waals surface area contributed by atoms with E-state index in [0.29, 0.717) is 5.15 Å². The highest BCUT2D eigenvalue weighted by atomic mass is 35.5. The number of halogens is 1. The first-order valence-corrected chi connectivity index (χ1v) is 7.91. The van der Waals surface area contributed by atoms with Gasteiger partial charge < -0.3 is 10.0 Å². The van der Waals surface area contributed by atoms with Crippen LogP contribution in [0.25, 0.3) is 0 Å². The van der Waals surface area contributed by atoms with Crippen molar-refractivity contribution in [2.24, 2.45) is 0 Å². The normalized spacial score (nSPS) is 33.8. The zero-order chi connectivity index (χ0) is 16.1. The number of rotatable bonds is 2. The summed E-state index contributed by atoms with van der Waals surface area (Å²) in [5.74, 6) is 0.719. The number of amides is 1. The Hall–Kier alpha value is -1.56. The first kappa shape index (κ1) is 15.3. The summed E-state index contributed by atoms with van der Waals surface area (Å²) in [6.07, 6.45) is 2.75. The van der Waals surface area contributed by atoms with Crippen LogP contribution in [-0.4, -0.2) is 50.5 Å². The molecule has 1 aromatic rings. The summed E-state index contributed by atoms with van der Waals surface area (Å²) >= 11 is 5.80. The third-order valence-corrected chi connectivity index (χ3v) is 5.73. The SMILES string of the molecule is CN(c1ccc(Cl)nn1)C1CCC2(C)CCC1(C)N2C(=O)O. The van der Waals surface area contributed by atoms with Crippen LogP contribution in [0.4, 0.5) is 10.6 Å². The lowest BCUT2D eigenvalue weighted by molar-refractivity contribution is 0.00855. The Bertz CT molecular complexity index is 596. The van der Waals surface area contributed by atoms with Gasteiger partial charge in [-0.3, -0.25) is 4.90 Å². The van der Waals surface area contributed by atoms with Crippen LogP contribution < -0.4 is 4.90 Å². The number of carboxylic acid groups (broad SMARTS) is 1. The molecule has 0 spiro atoms. The number of piperidine rings is 1. The second-order valence-corrected chi connectivity index (χ2v) is 7.24. The minimum absolute atomic E-state index is 0.0784. The quantitative estimate of drug-likeness (QED) is 0.905. The zero-order valence-corrected chi connectivity index (χ0v) is 13.8. The van der Waals surface area contributed by atoms with Gasteiger partial charge in [-0.2, -0.15) is 0 Å². The van der Waals surface area contributed by atoms with Crippen molar-refractivity contribution in [2.75, 3.05) is 11.9 Å². The van der Waals surface area contributed by atoms with Crippen LogP contribution in [0.15, 0.2) is 12.1 Å². The summed E-state index contributed by atoms with van der Waals surface area (Å²) in [6, 6.07) is 3.61. The Labute approximate surface area is 135 Å². The molecule has 7 heteroatoms. The minimum atomic E-state index is -0.831. The van der Waals surface area contributed by atoms with E-state index in [1.165, 1.54) is 0 Å². The second-order valence-electron chi connectivity index (χ2n) is 6.85. The van der Waals surface area contributed by atoms with E-state index in [2.05, 4.69) is 24.0 Å². The van der Waals surface area contributed by atoms with Crippen molar-refractivity contribution < 1.29 is 9.90 Å². The van der Waals surface area contributed by atoms with Crippen molar-refractivity contribution >= 4 is 23.5 Å². The van der Waals surface area contributed by atoms with Crippen LogP contribution in [0.5, 0.6) is 0 Å². The number of hydrogen-bond acceptors (Lipinski definition) is 4. The smallest absolute Gasteiger partial charge is 0.408 e. The number of carbonyl (C=O) groups is 1. The van der Waals surface area contributed by atoms with Gasteiger partial charge in [-0.05, 0) is 51.7 Å². The molecular weight excluding hydrogens is 304 g/mol. The molecule has 3 rings (SSSR count). The highest BCUT2D eigenvalue weighted by molar-refractivity contribution is 6.29. The largest absolute Gasteiger partial charge is 0.465 e. The maximum atomic E-state index is 11.8. The molecule has 3 atom stereocenters. The standard InChI is InChI=1S/C15H21ClN4O2/c1-14-7-6-10(15(2,9-8-14)20(14)13(21)22)19(3)12-5-4-11(16)17-18-12/h4-5,10H,6-9H2,1-3H3,(H,21,22). The lowest BCUT2D eigenvalue weighted by Crippen LogP contribution is -2.66. The Morgan fingerprint density at radius 2 is 2.09 bits per heavy atom. The molecule has 1 N–H and O–H groups in total. The van der Waals surface area contributed by atoms with Crippen molar-refractivity contribution in [2.45, 2.75) is 56.7 Å². The van der Waals surface area contributed by atoms with E-state index in [0.717, 1.165) is 31.5 Å². The van der Waals surface area contributed by atoms with Gasteiger partial charge in [-0.15, -0.1) is 10.2 Å². The van der Waals surface area contributed by atoms with E-state index < -0.39 is 11.6 Å². The molecule has 2 fully saturated rings. The minimum Gasteiger partial charge on any atom is -0.465 e. The molecular formula is C15H21ClN4O2. The molecule has 0 aliphatic carbocycles. The predicted molar refractivity (Wildman–Crippen MR) is 84.4 cm³/mol. The molecule has 1 amide bonds. The lowest BCUT2D eigenvalue weighted by atomic mass is 9.81. The van der Waals surface area contributed by atoms with E-state index in [1.807, 2.05) is 18.0 Å². The molecule has 120 valence electrons. The second kappa shape index (κ2) is 4.98. The Balaban J connectivity index is 1.94. The van der Waals surface area contributed by atoms with Crippen molar-refractivity contribution in [3.63, 3.8) is 0 Å². The topological polar surface area (TPSA) is 69.6 Å². The van der Waals surface area contributed by atoms with Gasteiger partial charge in [-0.1, -0.05) is 11.6 Å². The maximum Gasteiger partial charge on any atom is 0.408 e. The van der Waals surface area contributed by atoms with Crippen LogP contribution in [0.3, 0.4) is 0 Å². The number of anilines is 1. The van der Waals surface area contributed by atoms with E-state index >= 15 is 0 Å². The highest BCUT2D eigenvalue weighted by Crippen LogP contribution is 2.51. The summed E-state index contributed by atoms with van der Waals surface area (Å²) in [5.41, 5.74) is -0.654. The molecule has 1 aromatic heterocycles. The third-order valence-electron chi connectivity index (χ3n) is 5.53. The average molecular weight is 325 g/mol. The molecule has 2 saturated heterocycles. The number of nitrogens with zero attached hydrogens (tertiary/aromatic N) is 4. The number of fused-ring (bicyclic) bond motifs is 2. The first-order chi connectivity index (χ1) is 10.3. The van der Waals surface area contributed by atoms with Gasteiger partial charge in [0.1, 0.15) is 0 Å². The Morgan fingerprint density at radius 1 is 1.36 bits per heavy atom. The van der Waals surface area contributed by atoms with E-state index in [1.54, 1.807) is 11.0 Å². The van der Waals surface area contributed by atoms with Gasteiger partial charge in [-0.25, -0.2) is 4.79 Å². The molecule has 22 heavy (non-hydrogen) atoms. The monoisotopic (exact) mass is 324 g/mol. The molecule has 0 radical (unpaired) electrons. The summed E-state index contributed by atoms with van der Waals surface area (Å²) in [7, 11) is 1.95. The molecule has 2 aliphatic rings. The van der Waals surface area contributed by atoms with Crippen LogP contribution in [-0.2, 0) is 0 Å². The zero-order valence-electron chi connectivity index (χ0n) is 13.1. The summed E-state index contributed by atoms with van der Waals surface area (Å²) in [6.45, 7) is 4.11. The van der Waals surface area contributed by atoms with Crippen molar-refractivity contribution in [3.8, 4) is 0 Å². The molecule has 0 saturated carbocycles. The van der Waals surface area contributed by atoms with Crippen molar-refractivity contribution in [1.29, 1.82) is 0 Å². The lowest BCUT2D eigenvalue weighted by Gasteiger charge is -2.53. The summed E-state index contributed by atoms with van der Waals surface area (Å²) in [4.78, 5) is 15.6. The Morgan fingerprint density at radius 3 is 2.68 bits per heavy atom. The molecule has 3 unspecified atom stereocenters. The molecule has 6 nitrogen and oxygen atoms in total. The van der Waals surface area contributed by atoms with Crippen molar-refractivity contribution in [1.82, 2.24) is 15.1 Å². The van der Waals surface area contributed by atoms with Gasteiger partial charge in [0.15, 0.2) is 11.0 Å². The fourth-order valence-electron chi connectivity index (χ4n) is 4.39. The van der Waals surface area contributed by atoms with E-state index in [4.69, 9.17) is 11.6 Å². The fraction of sp³-hybridized carbons (Fsp3) is 0.667. The number of aromatic nitrogens is 2. The third kappa shape index (κ3) is 2.12. The fourth-order valence-corrected chi connectivity index (χ4v) is 4.49. The van der Waals surface area contributed by atoms with Crippen LogP contribution in [0.1, 0.15) is 39.5 Å². The molecule has 2 bridgehead atoms. The molecule has 0 aromatic carbocycles. The summed E-state index contributed by atoms with van der Waals surface area (Å²) in [5, 5.41) is 18.1. The van der Waals surface area contributed by atoms with Gasteiger partial charge in [0, 0.05) is 12.6 Å². The predicted octanol–water partition coefficient (Wildman–Crippen LogP) is 3.02. The maximum absolute atomic E-state index is 11.8. The van der Waals surface area contributed by atoms with Crippen molar-refractivity contribution in [3.05, 3.63) is 17.3 Å². The molecule has 3 heterocycles. The molecule has 2 aliphatic heterocycles. The van der Waals surface area contributed by atoms with Gasteiger partial charge >= 0.3 is 6.09 Å². The average Bonchev–Trinajstić information content (AvgIpc) is 2.64. The number of hydrogen-bond donors (Lipinski definition) is 1. The van der Waals surface area contributed by atoms with Crippen LogP contribution >= 0.6 is 11.6 Å². The Kier molecular flexibility index (Phi) is 3.47.